The topological polar surface area (TPSA) is 67.5 Å². The van der Waals surface area contributed by atoms with Crippen molar-refractivity contribution >= 4 is 28.6 Å². The summed E-state index contributed by atoms with van der Waals surface area (Å²) in [7, 11) is 0. The fourth-order valence-corrected chi connectivity index (χ4v) is 5.53. The summed E-state index contributed by atoms with van der Waals surface area (Å²) in [6.07, 6.45) is 2.75. The molecule has 1 amide bonds. The first-order chi connectivity index (χ1) is 17.1. The maximum absolute atomic E-state index is 12.7. The molecule has 2 aliphatic rings. The predicted molar refractivity (Wildman–Crippen MR) is 143 cm³/mol. The Bertz CT molecular complexity index is 1100. The van der Waals surface area contributed by atoms with Crippen molar-refractivity contribution in [3.63, 3.8) is 0 Å². The van der Waals surface area contributed by atoms with Gasteiger partial charge in [0, 0.05) is 56.9 Å². The van der Waals surface area contributed by atoms with Gasteiger partial charge >= 0.3 is 0 Å². The van der Waals surface area contributed by atoms with Crippen LogP contribution in [0.1, 0.15) is 31.7 Å². The number of H-pyrrole nitrogens is 1. The van der Waals surface area contributed by atoms with Crippen LogP contribution in [-0.2, 0) is 4.79 Å². The number of imidazole rings is 1. The van der Waals surface area contributed by atoms with Crippen molar-refractivity contribution in [2.45, 2.75) is 39.2 Å². The van der Waals surface area contributed by atoms with E-state index in [1.54, 1.807) is 0 Å². The molecule has 2 N–H and O–H groups in total. The summed E-state index contributed by atoms with van der Waals surface area (Å²) in [4.78, 5) is 28.2. The van der Waals surface area contributed by atoms with Crippen LogP contribution in [0.15, 0.2) is 48.5 Å². The van der Waals surface area contributed by atoms with Crippen LogP contribution in [0.5, 0.6) is 0 Å². The van der Waals surface area contributed by atoms with Gasteiger partial charge in [-0.1, -0.05) is 24.3 Å². The minimum Gasteiger partial charge on any atom is -0.366 e. The Hall–Kier alpha value is -3.06. The van der Waals surface area contributed by atoms with E-state index in [0.717, 1.165) is 82.1 Å². The first kappa shape index (κ1) is 23.7. The highest BCUT2D eigenvalue weighted by Crippen LogP contribution is 2.24. The molecular formula is C28H38N6O. The van der Waals surface area contributed by atoms with Gasteiger partial charge in [-0.2, -0.15) is 0 Å². The summed E-state index contributed by atoms with van der Waals surface area (Å²) in [5.41, 5.74) is 4.70. The average Bonchev–Trinajstić information content (AvgIpc) is 3.31. The Balaban J connectivity index is 1.01. The molecule has 2 saturated heterocycles. The molecule has 0 radical (unpaired) electrons. The van der Waals surface area contributed by atoms with Crippen molar-refractivity contribution in [2.75, 3.05) is 55.6 Å². The lowest BCUT2D eigenvalue weighted by Gasteiger charge is -2.41. The second kappa shape index (κ2) is 10.7. The van der Waals surface area contributed by atoms with Gasteiger partial charge in [0.2, 0.25) is 11.9 Å². The van der Waals surface area contributed by atoms with Crippen molar-refractivity contribution in [3.8, 4) is 0 Å². The Kier molecular flexibility index (Phi) is 7.23. The molecule has 0 saturated carbocycles. The van der Waals surface area contributed by atoms with Gasteiger partial charge in [0.15, 0.2) is 0 Å². The van der Waals surface area contributed by atoms with Crippen LogP contribution in [0.2, 0.25) is 0 Å². The molecule has 1 aromatic heterocycles. The lowest BCUT2D eigenvalue weighted by Crippen LogP contribution is -2.52. The number of carbonyl (C=O) groups excluding carboxylic acids is 1. The molecule has 0 unspecified atom stereocenters. The van der Waals surface area contributed by atoms with Crippen LogP contribution in [0.25, 0.3) is 11.0 Å². The summed E-state index contributed by atoms with van der Waals surface area (Å²) >= 11 is 0. The Morgan fingerprint density at radius 1 is 1.09 bits per heavy atom. The Labute approximate surface area is 208 Å². The fourth-order valence-electron chi connectivity index (χ4n) is 5.53. The third-order valence-corrected chi connectivity index (χ3v) is 7.54. The van der Waals surface area contributed by atoms with Crippen LogP contribution in [-0.4, -0.2) is 72.6 Å². The molecule has 2 fully saturated rings. The molecule has 3 heterocycles. The summed E-state index contributed by atoms with van der Waals surface area (Å²) in [6, 6.07) is 17.4. The number of aryl methyl sites for hydroxylation is 1. The van der Waals surface area contributed by atoms with E-state index in [1.165, 1.54) is 11.3 Å². The van der Waals surface area contributed by atoms with Gasteiger partial charge in [0.1, 0.15) is 0 Å². The number of piperazine rings is 1. The number of para-hydroxylation sites is 2. The standard InChI is InChI=1S/C28H38N6O/c1-21-7-5-8-24(19-21)34-18-17-32(20-22(34)2)14-6-13-29-27(35)23-11-15-33(16-12-23)28-30-25-9-3-4-10-26(25)31-28/h3-5,7-10,19,22-23H,6,11-18,20H2,1-2H3,(H,29,35)(H,30,31)/t22-/m1/s1. The molecule has 2 aromatic carbocycles. The number of fused-ring (bicyclic) bond motifs is 1. The quantitative estimate of drug-likeness (QED) is 0.510. The molecule has 2 aliphatic heterocycles. The van der Waals surface area contributed by atoms with E-state index >= 15 is 0 Å². The molecule has 7 nitrogen and oxygen atoms in total. The Morgan fingerprint density at radius 3 is 2.69 bits per heavy atom. The van der Waals surface area contributed by atoms with Crippen LogP contribution >= 0.6 is 0 Å². The van der Waals surface area contributed by atoms with Gasteiger partial charge in [-0.05, 0) is 69.5 Å². The van der Waals surface area contributed by atoms with Gasteiger partial charge < -0.3 is 20.1 Å². The van der Waals surface area contributed by atoms with Gasteiger partial charge in [-0.15, -0.1) is 0 Å². The zero-order chi connectivity index (χ0) is 24.2. The maximum Gasteiger partial charge on any atom is 0.223 e. The van der Waals surface area contributed by atoms with Crippen molar-refractivity contribution in [1.82, 2.24) is 20.2 Å². The molecule has 7 heteroatoms. The number of benzene rings is 2. The summed E-state index contributed by atoms with van der Waals surface area (Å²) < 4.78 is 0. The van der Waals surface area contributed by atoms with E-state index in [4.69, 9.17) is 4.98 Å². The maximum atomic E-state index is 12.7. The number of rotatable bonds is 7. The normalized spacial score (nSPS) is 19.9. The highest BCUT2D eigenvalue weighted by Gasteiger charge is 2.27. The summed E-state index contributed by atoms with van der Waals surface area (Å²) in [6.45, 7) is 11.2. The highest BCUT2D eigenvalue weighted by molar-refractivity contribution is 5.79. The zero-order valence-corrected chi connectivity index (χ0v) is 21.0. The smallest absolute Gasteiger partial charge is 0.223 e. The number of aromatic amines is 1. The van der Waals surface area contributed by atoms with Gasteiger partial charge in [-0.25, -0.2) is 4.98 Å². The molecule has 5 rings (SSSR count). The molecule has 0 aliphatic carbocycles. The van der Waals surface area contributed by atoms with Crippen LogP contribution < -0.4 is 15.1 Å². The number of hydrogen-bond acceptors (Lipinski definition) is 5. The average molecular weight is 475 g/mol. The molecule has 3 aromatic rings. The number of aromatic nitrogens is 2. The zero-order valence-electron chi connectivity index (χ0n) is 21.0. The molecule has 0 spiro atoms. The SMILES string of the molecule is Cc1cccc(N2CCN(CCCNC(=O)C3CCN(c4nc5ccccc5[nH]4)CC3)C[C@H]2C)c1. The van der Waals surface area contributed by atoms with E-state index in [9.17, 15) is 4.79 Å². The van der Waals surface area contributed by atoms with E-state index < -0.39 is 0 Å². The predicted octanol–water partition coefficient (Wildman–Crippen LogP) is 3.80. The third-order valence-electron chi connectivity index (χ3n) is 7.54. The van der Waals surface area contributed by atoms with Crippen LogP contribution in [0, 0.1) is 12.8 Å². The van der Waals surface area contributed by atoms with Gasteiger partial charge in [-0.3, -0.25) is 9.69 Å². The molecule has 1 atom stereocenters. The van der Waals surface area contributed by atoms with E-state index in [0.29, 0.717) is 6.04 Å². The largest absolute Gasteiger partial charge is 0.366 e. The fraction of sp³-hybridized carbons (Fsp3) is 0.500. The van der Waals surface area contributed by atoms with Crippen molar-refractivity contribution in [2.24, 2.45) is 5.92 Å². The minimum atomic E-state index is 0.105. The number of hydrogen-bond donors (Lipinski definition) is 2. The van der Waals surface area contributed by atoms with E-state index in [-0.39, 0.29) is 11.8 Å². The first-order valence-electron chi connectivity index (χ1n) is 13.1. The summed E-state index contributed by atoms with van der Waals surface area (Å²) in [5, 5.41) is 3.20. The van der Waals surface area contributed by atoms with Gasteiger partial charge in [0.25, 0.3) is 0 Å². The van der Waals surface area contributed by atoms with E-state index in [1.807, 2.05) is 18.2 Å². The van der Waals surface area contributed by atoms with Crippen molar-refractivity contribution in [1.29, 1.82) is 0 Å². The monoisotopic (exact) mass is 474 g/mol. The molecular weight excluding hydrogens is 436 g/mol. The van der Waals surface area contributed by atoms with Crippen LogP contribution in [0.3, 0.4) is 0 Å². The number of anilines is 2. The number of piperidine rings is 1. The molecule has 186 valence electrons. The second-order valence-electron chi connectivity index (χ2n) is 10.2. The number of carbonyl (C=O) groups is 1. The molecule has 0 bridgehead atoms. The number of nitrogens with one attached hydrogen (secondary N) is 2. The molecule has 35 heavy (non-hydrogen) atoms. The minimum absolute atomic E-state index is 0.105. The van der Waals surface area contributed by atoms with Crippen molar-refractivity contribution < 1.29 is 4.79 Å². The third kappa shape index (κ3) is 5.61. The second-order valence-corrected chi connectivity index (χ2v) is 10.2. The van der Waals surface area contributed by atoms with Crippen molar-refractivity contribution in [3.05, 3.63) is 54.1 Å². The summed E-state index contributed by atoms with van der Waals surface area (Å²) in [5.74, 6) is 1.24. The highest BCUT2D eigenvalue weighted by atomic mass is 16.1. The lowest BCUT2D eigenvalue weighted by molar-refractivity contribution is -0.125. The number of nitrogens with zero attached hydrogens (tertiary/aromatic N) is 4. The Morgan fingerprint density at radius 2 is 1.91 bits per heavy atom. The van der Waals surface area contributed by atoms with Gasteiger partial charge in [0.05, 0.1) is 11.0 Å². The number of amides is 1. The van der Waals surface area contributed by atoms with E-state index in [2.05, 4.69) is 69.2 Å². The first-order valence-corrected chi connectivity index (χ1v) is 13.1. The van der Waals surface area contributed by atoms with Crippen LogP contribution in [0.4, 0.5) is 11.6 Å². The lowest BCUT2D eigenvalue weighted by atomic mass is 9.96.